The number of nitrogens with one attached hydrogen (secondary N) is 2. The lowest BCUT2D eigenvalue weighted by Gasteiger charge is -2.26. The van der Waals surface area contributed by atoms with Crippen LogP contribution in [0.5, 0.6) is 0 Å². The lowest BCUT2D eigenvalue weighted by atomic mass is 10.2. The summed E-state index contributed by atoms with van der Waals surface area (Å²) in [6, 6.07) is 4.11. The Bertz CT molecular complexity index is 622. The Morgan fingerprint density at radius 1 is 1.32 bits per heavy atom. The molecule has 8 heteroatoms. The first-order valence-corrected chi connectivity index (χ1v) is 10.8. The molecule has 1 aromatic heterocycles. The number of guanidine groups is 1. The third-order valence-electron chi connectivity index (χ3n) is 5.17. The summed E-state index contributed by atoms with van der Waals surface area (Å²) >= 11 is 6.29. The summed E-state index contributed by atoms with van der Waals surface area (Å²) in [4.78, 5) is 13.9. The zero-order valence-corrected chi connectivity index (χ0v) is 17.6. The fraction of sp³-hybridized carbons (Fsp3) is 0.700. The van der Waals surface area contributed by atoms with Gasteiger partial charge in [-0.3, -0.25) is 9.89 Å². The van der Waals surface area contributed by atoms with Gasteiger partial charge < -0.3 is 20.3 Å². The van der Waals surface area contributed by atoms with Crippen LogP contribution in [0.4, 0.5) is 5.82 Å². The number of aromatic nitrogens is 1. The number of unbranched alkanes of at least 4 members (excludes halogenated alkanes) is 1. The maximum atomic E-state index is 6.29. The summed E-state index contributed by atoms with van der Waals surface area (Å²) in [7, 11) is 0. The molecule has 0 spiro atoms. The molecule has 28 heavy (non-hydrogen) atoms. The molecule has 0 aliphatic carbocycles. The van der Waals surface area contributed by atoms with Gasteiger partial charge in [-0.1, -0.05) is 11.6 Å². The smallest absolute Gasteiger partial charge is 0.191 e. The van der Waals surface area contributed by atoms with Gasteiger partial charge in [0.15, 0.2) is 5.96 Å². The Hall–Kier alpha value is -1.57. The zero-order chi connectivity index (χ0) is 19.6. The van der Waals surface area contributed by atoms with Crippen molar-refractivity contribution in [1.82, 2.24) is 20.5 Å². The highest BCUT2D eigenvalue weighted by Gasteiger charge is 2.25. The van der Waals surface area contributed by atoms with E-state index in [-0.39, 0.29) is 0 Å². The Morgan fingerprint density at radius 3 is 2.96 bits per heavy atom. The average molecular weight is 409 g/mol. The molecule has 1 atom stereocenters. The minimum absolute atomic E-state index is 0.351. The Labute approximate surface area is 173 Å². The molecule has 1 unspecified atom stereocenters. The summed E-state index contributed by atoms with van der Waals surface area (Å²) < 4.78 is 5.40. The van der Waals surface area contributed by atoms with Crippen molar-refractivity contribution in [3.63, 3.8) is 0 Å². The minimum atomic E-state index is 0.351. The number of halogens is 1. The molecule has 2 saturated heterocycles. The van der Waals surface area contributed by atoms with Gasteiger partial charge in [0.05, 0.1) is 18.2 Å². The number of aliphatic imine (C=N–C) groups is 1. The molecule has 0 bridgehead atoms. The van der Waals surface area contributed by atoms with Gasteiger partial charge >= 0.3 is 0 Å². The second-order valence-electron chi connectivity index (χ2n) is 7.31. The summed E-state index contributed by atoms with van der Waals surface area (Å²) in [5, 5.41) is 7.66. The van der Waals surface area contributed by atoms with Gasteiger partial charge in [-0.05, 0) is 44.9 Å². The van der Waals surface area contributed by atoms with Crippen LogP contribution < -0.4 is 15.5 Å². The van der Waals surface area contributed by atoms with E-state index < -0.39 is 0 Å². The molecule has 0 radical (unpaired) electrons. The molecular weight excluding hydrogens is 376 g/mol. The molecule has 0 aromatic carbocycles. The Morgan fingerprint density at radius 2 is 2.18 bits per heavy atom. The second kappa shape index (κ2) is 11.4. The molecule has 2 N–H and O–H groups in total. The Balaban J connectivity index is 1.41. The average Bonchev–Trinajstić information content (AvgIpc) is 3.17. The van der Waals surface area contributed by atoms with Gasteiger partial charge in [-0.15, -0.1) is 0 Å². The van der Waals surface area contributed by atoms with Gasteiger partial charge in [-0.25, -0.2) is 4.98 Å². The van der Waals surface area contributed by atoms with Crippen molar-refractivity contribution in [2.24, 2.45) is 4.99 Å². The van der Waals surface area contributed by atoms with Crippen molar-refractivity contribution in [2.75, 3.05) is 63.9 Å². The van der Waals surface area contributed by atoms with Gasteiger partial charge in [0.2, 0.25) is 0 Å². The van der Waals surface area contributed by atoms with E-state index in [0.717, 1.165) is 83.6 Å². The van der Waals surface area contributed by atoms with Crippen LogP contribution in [0.15, 0.2) is 23.3 Å². The van der Waals surface area contributed by atoms with E-state index in [9.17, 15) is 0 Å². The lowest BCUT2D eigenvalue weighted by Crippen LogP contribution is -2.44. The molecule has 1 aromatic rings. The van der Waals surface area contributed by atoms with Gasteiger partial charge in [-0.2, -0.15) is 0 Å². The normalized spacial score (nSPS) is 21.1. The van der Waals surface area contributed by atoms with E-state index in [1.807, 2.05) is 12.1 Å². The van der Waals surface area contributed by atoms with E-state index >= 15 is 0 Å². The van der Waals surface area contributed by atoms with Crippen molar-refractivity contribution in [3.05, 3.63) is 23.4 Å². The number of pyridine rings is 1. The highest BCUT2D eigenvalue weighted by Crippen LogP contribution is 2.25. The fourth-order valence-electron chi connectivity index (χ4n) is 3.66. The third-order valence-corrected chi connectivity index (χ3v) is 5.46. The highest BCUT2D eigenvalue weighted by molar-refractivity contribution is 6.32. The van der Waals surface area contributed by atoms with Crippen LogP contribution in [0.3, 0.4) is 0 Å². The topological polar surface area (TPSA) is 65.0 Å². The van der Waals surface area contributed by atoms with Gasteiger partial charge in [0.25, 0.3) is 0 Å². The van der Waals surface area contributed by atoms with Crippen LogP contribution in [-0.4, -0.2) is 80.9 Å². The van der Waals surface area contributed by atoms with Crippen LogP contribution in [0.2, 0.25) is 5.02 Å². The van der Waals surface area contributed by atoms with E-state index in [4.69, 9.17) is 21.3 Å². The zero-order valence-electron chi connectivity index (χ0n) is 16.9. The number of hydrogen-bond acceptors (Lipinski definition) is 5. The van der Waals surface area contributed by atoms with Crippen LogP contribution in [0.1, 0.15) is 26.2 Å². The van der Waals surface area contributed by atoms with E-state index in [0.29, 0.717) is 11.1 Å². The highest BCUT2D eigenvalue weighted by atomic mass is 35.5. The van der Waals surface area contributed by atoms with Crippen LogP contribution in [0.25, 0.3) is 0 Å². The first-order valence-electron chi connectivity index (χ1n) is 10.5. The van der Waals surface area contributed by atoms with E-state index in [2.05, 4.69) is 32.3 Å². The minimum Gasteiger partial charge on any atom is -0.379 e. The number of rotatable bonds is 8. The first-order chi connectivity index (χ1) is 13.8. The molecule has 7 nitrogen and oxygen atoms in total. The number of morpholine rings is 1. The van der Waals surface area contributed by atoms with Crippen molar-refractivity contribution >= 4 is 23.4 Å². The summed E-state index contributed by atoms with van der Waals surface area (Å²) in [5.41, 5.74) is 0. The lowest BCUT2D eigenvalue weighted by molar-refractivity contribution is 0.0373. The largest absolute Gasteiger partial charge is 0.379 e. The predicted molar refractivity (Wildman–Crippen MR) is 115 cm³/mol. The fourth-order valence-corrected chi connectivity index (χ4v) is 3.90. The first kappa shape index (κ1) is 21.1. The van der Waals surface area contributed by atoms with Crippen LogP contribution in [0, 0.1) is 0 Å². The summed E-state index contributed by atoms with van der Waals surface area (Å²) in [5.74, 6) is 1.78. The molecule has 3 heterocycles. The number of anilines is 1. The second-order valence-corrected chi connectivity index (χ2v) is 7.71. The summed E-state index contributed by atoms with van der Waals surface area (Å²) in [6.45, 7) is 10.7. The predicted octanol–water partition coefficient (Wildman–Crippen LogP) is 1.98. The molecule has 2 aliphatic rings. The molecule has 3 rings (SSSR count). The molecule has 0 saturated carbocycles. The van der Waals surface area contributed by atoms with E-state index in [1.54, 1.807) is 6.20 Å². The Kier molecular flexibility index (Phi) is 8.64. The molecule has 2 fully saturated rings. The van der Waals surface area contributed by atoms with Crippen molar-refractivity contribution < 1.29 is 4.74 Å². The maximum Gasteiger partial charge on any atom is 0.191 e. The van der Waals surface area contributed by atoms with Crippen LogP contribution in [-0.2, 0) is 4.74 Å². The van der Waals surface area contributed by atoms with Crippen molar-refractivity contribution in [1.29, 1.82) is 0 Å². The van der Waals surface area contributed by atoms with Crippen molar-refractivity contribution in [3.8, 4) is 0 Å². The SMILES string of the molecule is CCNC(=NCCCCN1CCOCC1)NC1CCN(c2ncccc2Cl)C1. The molecule has 156 valence electrons. The number of hydrogen-bond donors (Lipinski definition) is 2. The number of nitrogens with zero attached hydrogens (tertiary/aromatic N) is 4. The molecular formula is C20H33ClN6O. The van der Waals surface area contributed by atoms with Crippen LogP contribution >= 0.6 is 11.6 Å². The number of ether oxygens (including phenoxy) is 1. The standard InChI is InChI=1S/C20H33ClN6O/c1-2-22-20(24-8-3-4-10-26-12-14-28-15-13-26)25-17-7-11-27(16-17)19-18(21)6-5-9-23-19/h5-6,9,17H,2-4,7-8,10-16H2,1H3,(H2,22,24,25). The monoisotopic (exact) mass is 408 g/mol. The third kappa shape index (κ3) is 6.50. The van der Waals surface area contributed by atoms with Crippen molar-refractivity contribution in [2.45, 2.75) is 32.2 Å². The summed E-state index contributed by atoms with van der Waals surface area (Å²) in [6.07, 6.45) is 5.13. The maximum absolute atomic E-state index is 6.29. The van der Waals surface area contributed by atoms with Gasteiger partial charge in [0, 0.05) is 51.5 Å². The molecule has 2 aliphatic heterocycles. The quantitative estimate of drug-likeness (QED) is 0.389. The van der Waals surface area contributed by atoms with E-state index in [1.165, 1.54) is 6.42 Å². The molecule has 0 amide bonds. The van der Waals surface area contributed by atoms with Gasteiger partial charge in [0.1, 0.15) is 5.82 Å².